The Hall–Kier alpha value is -4.62. The smallest absolute Gasteiger partial charge is 0.336 e. The minimum Gasteiger partial charge on any atom is -0.478 e. The van der Waals surface area contributed by atoms with Crippen molar-refractivity contribution in [2.24, 2.45) is 11.1 Å². The van der Waals surface area contributed by atoms with E-state index in [0.29, 0.717) is 23.1 Å². The molecule has 218 valence electrons. The van der Waals surface area contributed by atoms with Crippen molar-refractivity contribution in [2.75, 3.05) is 11.6 Å². The number of amidine groups is 1. The summed E-state index contributed by atoms with van der Waals surface area (Å²) in [6, 6.07) is 12.1. The minimum atomic E-state index is -3.67. The fourth-order valence-electron chi connectivity index (χ4n) is 3.33. The number of benzene rings is 2. The number of aromatic nitrogens is 1. The summed E-state index contributed by atoms with van der Waals surface area (Å²) in [6.07, 6.45) is 3.57. The van der Waals surface area contributed by atoms with Gasteiger partial charge in [-0.25, -0.2) is 4.79 Å². The lowest BCUT2D eigenvalue weighted by Crippen LogP contribution is -2.41. The molecular weight excluding hydrogens is 550 g/mol. The molecule has 0 spiro atoms. The number of pyridine rings is 1. The van der Waals surface area contributed by atoms with Crippen molar-refractivity contribution < 1.29 is 32.5 Å². The highest BCUT2D eigenvalue weighted by atomic mass is 32.2. The van der Waals surface area contributed by atoms with Gasteiger partial charge in [-0.15, -0.1) is 0 Å². The molecule has 0 saturated carbocycles. The Labute approximate surface area is 238 Å². The number of nitrogens with zero attached hydrogens (tertiary/aromatic N) is 1. The lowest BCUT2D eigenvalue weighted by molar-refractivity contribution is 0.0697. The number of nitrogen functional groups attached to an aromatic ring is 1. The van der Waals surface area contributed by atoms with Crippen molar-refractivity contribution in [3.8, 4) is 11.1 Å². The fourth-order valence-corrected chi connectivity index (χ4v) is 3.33. The van der Waals surface area contributed by atoms with Crippen LogP contribution < -0.4 is 16.4 Å². The minimum absolute atomic E-state index is 0.0875. The zero-order valence-electron chi connectivity index (χ0n) is 23.2. The third kappa shape index (κ3) is 9.81. The second-order valence-electron chi connectivity index (χ2n) is 10.2. The van der Waals surface area contributed by atoms with Gasteiger partial charge in [-0.3, -0.25) is 24.5 Å². The first kappa shape index (κ1) is 32.6. The van der Waals surface area contributed by atoms with E-state index >= 15 is 0 Å². The van der Waals surface area contributed by atoms with E-state index in [0.717, 1.165) is 0 Å². The molecule has 1 aromatic heterocycles. The van der Waals surface area contributed by atoms with Gasteiger partial charge in [0.05, 0.1) is 17.4 Å². The summed E-state index contributed by atoms with van der Waals surface area (Å²) in [5.74, 6) is -2.18. The molecule has 0 aliphatic rings. The zero-order chi connectivity index (χ0) is 31.1. The van der Waals surface area contributed by atoms with Crippen LogP contribution in [0.25, 0.3) is 11.1 Å². The molecule has 1 heterocycles. The summed E-state index contributed by atoms with van der Waals surface area (Å²) in [6.45, 7) is 7.88. The highest BCUT2D eigenvalue weighted by molar-refractivity contribution is 7.85. The van der Waals surface area contributed by atoms with Crippen molar-refractivity contribution in [1.82, 2.24) is 10.3 Å². The largest absolute Gasteiger partial charge is 0.478 e. The molecule has 1 atom stereocenters. The molecule has 0 saturated heterocycles. The Morgan fingerprint density at radius 1 is 0.951 bits per heavy atom. The van der Waals surface area contributed by atoms with Crippen molar-refractivity contribution >= 4 is 39.4 Å². The van der Waals surface area contributed by atoms with Crippen LogP contribution in [0.5, 0.6) is 0 Å². The van der Waals surface area contributed by atoms with Gasteiger partial charge in [0, 0.05) is 40.8 Å². The first-order valence-electron chi connectivity index (χ1n) is 12.2. The van der Waals surface area contributed by atoms with Gasteiger partial charge < -0.3 is 21.5 Å². The van der Waals surface area contributed by atoms with Crippen molar-refractivity contribution in [3.63, 3.8) is 0 Å². The van der Waals surface area contributed by atoms with E-state index in [1.54, 1.807) is 24.3 Å². The highest BCUT2D eigenvalue weighted by Gasteiger charge is 2.24. The third-order valence-corrected chi connectivity index (χ3v) is 5.97. The number of carboxylic acid groups (broad SMARTS) is 1. The number of aromatic carboxylic acids is 1. The maximum absolute atomic E-state index is 13.1. The van der Waals surface area contributed by atoms with Crippen molar-refractivity contribution in [1.29, 1.82) is 5.41 Å². The Bertz CT molecular complexity index is 1560. The van der Waals surface area contributed by atoms with Gasteiger partial charge in [0.25, 0.3) is 21.9 Å². The maximum Gasteiger partial charge on any atom is 0.336 e. The molecule has 7 N–H and O–H groups in total. The van der Waals surface area contributed by atoms with Crippen LogP contribution in [-0.4, -0.2) is 59.0 Å². The van der Waals surface area contributed by atoms with Crippen molar-refractivity contribution in [2.45, 2.75) is 33.7 Å². The summed E-state index contributed by atoms with van der Waals surface area (Å²) in [4.78, 5) is 42.1. The summed E-state index contributed by atoms with van der Waals surface area (Å²) in [5, 5.41) is 23.0. The molecule has 1 unspecified atom stereocenters. The molecule has 0 bridgehead atoms. The highest BCUT2D eigenvalue weighted by Crippen LogP contribution is 2.29. The van der Waals surface area contributed by atoms with Crippen LogP contribution in [0.3, 0.4) is 0 Å². The lowest BCUT2D eigenvalue weighted by Gasteiger charge is -2.28. The molecule has 12 nitrogen and oxygen atoms in total. The number of nitrogens with two attached hydrogens (primary N) is 1. The predicted molar refractivity (Wildman–Crippen MR) is 156 cm³/mol. The normalized spacial score (nSPS) is 11.9. The van der Waals surface area contributed by atoms with Gasteiger partial charge in [0.2, 0.25) is 0 Å². The summed E-state index contributed by atoms with van der Waals surface area (Å²) < 4.78 is 25.9. The molecule has 2 amide bonds. The van der Waals surface area contributed by atoms with Gasteiger partial charge in [-0.2, -0.15) is 8.42 Å². The van der Waals surface area contributed by atoms with Gasteiger partial charge in [0.15, 0.2) is 0 Å². The van der Waals surface area contributed by atoms with E-state index in [4.69, 9.17) is 15.7 Å². The quantitative estimate of drug-likeness (QED) is 0.136. The third-order valence-electron chi connectivity index (χ3n) is 5.97. The molecule has 0 fully saturated rings. The average Bonchev–Trinajstić information content (AvgIpc) is 2.87. The monoisotopic (exact) mass is 583 g/mol. The number of nitrogens with one attached hydrogen (secondary N) is 3. The van der Waals surface area contributed by atoms with E-state index in [2.05, 4.69) is 15.6 Å². The maximum atomic E-state index is 13.1. The first-order chi connectivity index (χ1) is 18.9. The molecule has 3 aromatic rings. The van der Waals surface area contributed by atoms with Crippen LogP contribution in [0.15, 0.2) is 60.9 Å². The van der Waals surface area contributed by atoms with Crippen LogP contribution in [0.2, 0.25) is 0 Å². The van der Waals surface area contributed by atoms with E-state index in [9.17, 15) is 27.9 Å². The van der Waals surface area contributed by atoms with E-state index < -0.39 is 22.0 Å². The molecule has 0 aliphatic carbocycles. The number of hydrogen-bond donors (Lipinski definition) is 6. The molecule has 3 rings (SSSR count). The van der Waals surface area contributed by atoms with Crippen LogP contribution in [0, 0.1) is 10.8 Å². The van der Waals surface area contributed by atoms with Crippen LogP contribution in [0.4, 0.5) is 5.69 Å². The molecular formula is C28H33N5O7S. The number of anilines is 1. The van der Waals surface area contributed by atoms with Crippen LogP contribution in [-0.2, 0) is 10.1 Å². The lowest BCUT2D eigenvalue weighted by atomic mass is 9.88. The number of hydrogen-bond acceptors (Lipinski definition) is 7. The van der Waals surface area contributed by atoms with Crippen LogP contribution in [0.1, 0.15) is 64.3 Å². The first-order valence-corrected chi connectivity index (χ1v) is 14.0. The Morgan fingerprint density at radius 2 is 1.51 bits per heavy atom. The molecule has 13 heteroatoms. The van der Waals surface area contributed by atoms with Gasteiger partial charge in [-0.1, -0.05) is 26.8 Å². The molecule has 0 radical (unpaired) electrons. The summed E-state index contributed by atoms with van der Waals surface area (Å²) in [7, 11) is -3.67. The Balaban J connectivity index is 0.00000108. The fraction of sp³-hybridized carbons (Fsp3) is 0.250. The van der Waals surface area contributed by atoms with Gasteiger partial charge in [0.1, 0.15) is 5.84 Å². The number of rotatable bonds is 7. The van der Waals surface area contributed by atoms with E-state index in [1.165, 1.54) is 36.7 Å². The zero-order valence-corrected chi connectivity index (χ0v) is 24.0. The molecule has 2 aromatic carbocycles. The van der Waals surface area contributed by atoms with E-state index in [-0.39, 0.29) is 45.5 Å². The van der Waals surface area contributed by atoms with Gasteiger partial charge in [-0.05, 0) is 60.4 Å². The average molecular weight is 584 g/mol. The second-order valence-corrected chi connectivity index (χ2v) is 11.7. The van der Waals surface area contributed by atoms with Crippen LogP contribution >= 0.6 is 0 Å². The topological polar surface area (TPSA) is 213 Å². The van der Waals surface area contributed by atoms with Crippen molar-refractivity contribution in [3.05, 3.63) is 83.2 Å². The number of carbonyl (C=O) groups is 3. The number of amides is 2. The van der Waals surface area contributed by atoms with E-state index in [1.807, 2.05) is 27.7 Å². The summed E-state index contributed by atoms with van der Waals surface area (Å²) >= 11 is 0. The van der Waals surface area contributed by atoms with Gasteiger partial charge >= 0.3 is 5.97 Å². The summed E-state index contributed by atoms with van der Waals surface area (Å²) in [5.41, 5.74) is 7.14. The number of carbonyl (C=O) groups excluding carboxylic acids is 2. The molecule has 0 aliphatic heterocycles. The SMILES string of the molecule is CC(NC(=O)c1ccc(-c2cnccc2C(=O)Nc2ccc(C(=N)N)cc2)c(C(=O)O)c1)C(C)(C)C.CS(=O)(=O)O. The standard InChI is InChI=1S/C27H29N5O4.CH4O3S/c1-15(27(2,3)4)31-24(33)17-7-10-19(21(13-17)26(35)36)22-14-30-12-11-20(22)25(34)32-18-8-5-16(6-9-18)23(28)29;1-5(2,3)4/h5-15H,1-4H3,(H3,28,29)(H,31,33)(H,32,34)(H,35,36);1H3,(H,2,3,4). The molecule has 41 heavy (non-hydrogen) atoms. The number of carboxylic acids is 1. The Morgan fingerprint density at radius 3 is 2.02 bits per heavy atom. The Kier molecular flexibility index (Phi) is 10.5. The second kappa shape index (κ2) is 13.2. The predicted octanol–water partition coefficient (Wildman–Crippen LogP) is 3.65.